The molecule has 2 aromatic carbocycles. The van der Waals surface area contributed by atoms with E-state index in [9.17, 15) is 13.2 Å². The molecule has 2 rings (SSSR count). The fourth-order valence-corrected chi connectivity index (χ4v) is 3.60. The molecule has 0 aliphatic carbocycles. The molecule has 0 bridgehead atoms. The third-order valence-corrected chi connectivity index (χ3v) is 5.14. The highest BCUT2D eigenvalue weighted by Gasteiger charge is 2.20. The summed E-state index contributed by atoms with van der Waals surface area (Å²) in [5.41, 5.74) is 0.997. The van der Waals surface area contributed by atoms with E-state index in [-0.39, 0.29) is 27.1 Å². The van der Waals surface area contributed by atoms with Crippen LogP contribution < -0.4 is 4.72 Å². The summed E-state index contributed by atoms with van der Waals surface area (Å²) in [6, 6.07) is 10.4. The Bertz CT molecular complexity index is 847. The SMILES string of the molecule is CC(C)c1ccc(Cl)c(S(=O)(=O)Nc2cccc(C(=O)O)c2)c1. The van der Waals surface area contributed by atoms with Gasteiger partial charge >= 0.3 is 5.97 Å². The number of hydrogen-bond acceptors (Lipinski definition) is 3. The van der Waals surface area contributed by atoms with Gasteiger partial charge in [0.05, 0.1) is 10.6 Å². The van der Waals surface area contributed by atoms with Gasteiger partial charge in [0.25, 0.3) is 10.0 Å². The topological polar surface area (TPSA) is 83.5 Å². The first-order valence-electron chi connectivity index (χ1n) is 6.86. The Morgan fingerprint density at radius 2 is 1.87 bits per heavy atom. The lowest BCUT2D eigenvalue weighted by Crippen LogP contribution is -2.14. The second kappa shape index (κ2) is 6.60. The molecule has 0 aliphatic rings. The number of benzene rings is 2. The molecule has 2 aromatic rings. The number of carboxylic acids is 1. The first kappa shape index (κ1) is 17.3. The molecule has 0 radical (unpaired) electrons. The van der Waals surface area contributed by atoms with E-state index in [4.69, 9.17) is 16.7 Å². The largest absolute Gasteiger partial charge is 0.478 e. The third-order valence-electron chi connectivity index (χ3n) is 3.27. The fourth-order valence-electron chi connectivity index (χ4n) is 2.01. The van der Waals surface area contributed by atoms with Crippen LogP contribution in [0.1, 0.15) is 35.7 Å². The fraction of sp³-hybridized carbons (Fsp3) is 0.188. The second-order valence-corrected chi connectivity index (χ2v) is 7.39. The quantitative estimate of drug-likeness (QED) is 0.852. The summed E-state index contributed by atoms with van der Waals surface area (Å²) in [5, 5.41) is 9.08. The molecule has 0 atom stereocenters. The van der Waals surface area contributed by atoms with Crippen molar-refractivity contribution in [2.24, 2.45) is 0 Å². The normalized spacial score (nSPS) is 11.5. The van der Waals surface area contributed by atoms with Crippen LogP contribution in [0.3, 0.4) is 0 Å². The predicted octanol–water partition coefficient (Wildman–Crippen LogP) is 3.96. The van der Waals surface area contributed by atoms with Crippen molar-refractivity contribution in [3.8, 4) is 0 Å². The zero-order chi connectivity index (χ0) is 17.2. The molecule has 0 aromatic heterocycles. The molecule has 0 aliphatic heterocycles. The lowest BCUT2D eigenvalue weighted by atomic mass is 10.0. The number of anilines is 1. The van der Waals surface area contributed by atoms with Gasteiger partial charge in [0.2, 0.25) is 0 Å². The van der Waals surface area contributed by atoms with Gasteiger partial charge in [0, 0.05) is 5.69 Å². The van der Waals surface area contributed by atoms with E-state index in [1.807, 2.05) is 13.8 Å². The summed E-state index contributed by atoms with van der Waals surface area (Å²) in [5.74, 6) is -0.984. The number of aromatic carboxylic acids is 1. The van der Waals surface area contributed by atoms with Crippen molar-refractivity contribution in [2.45, 2.75) is 24.7 Å². The highest BCUT2D eigenvalue weighted by atomic mass is 35.5. The van der Waals surface area contributed by atoms with Crippen LogP contribution in [-0.4, -0.2) is 19.5 Å². The van der Waals surface area contributed by atoms with Crippen molar-refractivity contribution in [3.05, 3.63) is 58.6 Å². The van der Waals surface area contributed by atoms with Crippen molar-refractivity contribution in [2.75, 3.05) is 4.72 Å². The van der Waals surface area contributed by atoms with Crippen molar-refractivity contribution >= 4 is 33.3 Å². The van der Waals surface area contributed by atoms with Gasteiger partial charge in [-0.3, -0.25) is 4.72 Å². The molecule has 0 heterocycles. The average Bonchev–Trinajstić information content (AvgIpc) is 2.47. The summed E-state index contributed by atoms with van der Waals surface area (Å²) in [6.07, 6.45) is 0. The minimum absolute atomic E-state index is 0.00720. The Labute approximate surface area is 140 Å². The highest BCUT2D eigenvalue weighted by molar-refractivity contribution is 7.92. The van der Waals surface area contributed by atoms with Crippen LogP contribution in [0.4, 0.5) is 5.69 Å². The molecule has 0 saturated heterocycles. The molecule has 0 saturated carbocycles. The molecule has 0 unspecified atom stereocenters. The summed E-state index contributed by atoms with van der Waals surface area (Å²) < 4.78 is 27.4. The zero-order valence-electron chi connectivity index (χ0n) is 12.6. The standard InChI is InChI=1S/C16H16ClNO4S/c1-10(2)11-6-7-14(17)15(9-11)23(21,22)18-13-5-3-4-12(8-13)16(19)20/h3-10,18H,1-2H3,(H,19,20). The van der Waals surface area contributed by atoms with Crippen LogP contribution in [0, 0.1) is 0 Å². The maximum absolute atomic E-state index is 12.5. The van der Waals surface area contributed by atoms with Crippen LogP contribution in [-0.2, 0) is 10.0 Å². The van der Waals surface area contributed by atoms with Gasteiger partial charge in [0.1, 0.15) is 4.90 Å². The minimum Gasteiger partial charge on any atom is -0.478 e. The maximum atomic E-state index is 12.5. The van der Waals surface area contributed by atoms with Crippen LogP contribution in [0.15, 0.2) is 47.4 Å². The Morgan fingerprint density at radius 1 is 1.17 bits per heavy atom. The van der Waals surface area contributed by atoms with Gasteiger partial charge in [-0.25, -0.2) is 13.2 Å². The lowest BCUT2D eigenvalue weighted by Gasteiger charge is -2.13. The van der Waals surface area contributed by atoms with E-state index < -0.39 is 16.0 Å². The molecule has 5 nitrogen and oxygen atoms in total. The predicted molar refractivity (Wildman–Crippen MR) is 89.8 cm³/mol. The molecule has 0 amide bonds. The number of halogens is 1. The van der Waals surface area contributed by atoms with Gasteiger partial charge in [-0.1, -0.05) is 37.6 Å². The lowest BCUT2D eigenvalue weighted by molar-refractivity contribution is 0.0697. The summed E-state index contributed by atoms with van der Waals surface area (Å²) in [6.45, 7) is 3.90. The van der Waals surface area contributed by atoms with Gasteiger partial charge in [0.15, 0.2) is 0 Å². The monoisotopic (exact) mass is 353 g/mol. The zero-order valence-corrected chi connectivity index (χ0v) is 14.1. The summed E-state index contributed by atoms with van der Waals surface area (Å²) in [4.78, 5) is 10.9. The molecule has 0 spiro atoms. The maximum Gasteiger partial charge on any atom is 0.335 e. The number of rotatable bonds is 5. The Balaban J connectivity index is 2.41. The summed E-state index contributed by atoms with van der Waals surface area (Å²) in [7, 11) is -3.92. The smallest absolute Gasteiger partial charge is 0.335 e. The van der Waals surface area contributed by atoms with Gasteiger partial charge in [-0.2, -0.15) is 0 Å². The molecular weight excluding hydrogens is 338 g/mol. The number of hydrogen-bond donors (Lipinski definition) is 2. The molecule has 0 fully saturated rings. The van der Waals surface area contributed by atoms with Gasteiger partial charge in [-0.15, -0.1) is 0 Å². The molecule has 122 valence electrons. The van der Waals surface area contributed by atoms with Crippen molar-refractivity contribution < 1.29 is 18.3 Å². The van der Waals surface area contributed by atoms with E-state index in [0.717, 1.165) is 5.56 Å². The molecule has 2 N–H and O–H groups in total. The first-order valence-corrected chi connectivity index (χ1v) is 8.72. The van der Waals surface area contributed by atoms with Gasteiger partial charge < -0.3 is 5.11 Å². The van der Waals surface area contributed by atoms with Crippen molar-refractivity contribution in [1.29, 1.82) is 0 Å². The van der Waals surface area contributed by atoms with Crippen LogP contribution in [0.5, 0.6) is 0 Å². The first-order chi connectivity index (χ1) is 10.7. The Morgan fingerprint density at radius 3 is 2.48 bits per heavy atom. The summed E-state index contributed by atoms with van der Waals surface area (Å²) >= 11 is 6.02. The van der Waals surface area contributed by atoms with Crippen LogP contribution >= 0.6 is 11.6 Å². The molecular formula is C16H16ClNO4S. The van der Waals surface area contributed by atoms with Crippen LogP contribution in [0.25, 0.3) is 0 Å². The second-order valence-electron chi connectivity index (χ2n) is 5.34. The van der Waals surface area contributed by atoms with E-state index in [1.165, 1.54) is 30.3 Å². The Hall–Kier alpha value is -2.05. The number of carbonyl (C=O) groups is 1. The van der Waals surface area contributed by atoms with Crippen molar-refractivity contribution in [1.82, 2.24) is 0 Å². The highest BCUT2D eigenvalue weighted by Crippen LogP contribution is 2.28. The number of nitrogens with one attached hydrogen (secondary N) is 1. The third kappa shape index (κ3) is 4.03. The van der Waals surface area contributed by atoms with Crippen molar-refractivity contribution in [3.63, 3.8) is 0 Å². The van der Waals surface area contributed by atoms with Gasteiger partial charge in [-0.05, 0) is 41.8 Å². The van der Waals surface area contributed by atoms with E-state index in [2.05, 4.69) is 4.72 Å². The average molecular weight is 354 g/mol. The van der Waals surface area contributed by atoms with Crippen LogP contribution in [0.2, 0.25) is 5.02 Å². The van der Waals surface area contributed by atoms with E-state index in [0.29, 0.717) is 0 Å². The van der Waals surface area contributed by atoms with E-state index >= 15 is 0 Å². The minimum atomic E-state index is -3.92. The molecule has 7 heteroatoms. The van der Waals surface area contributed by atoms with E-state index in [1.54, 1.807) is 12.1 Å². The Kier molecular flexibility index (Phi) is 4.97. The number of carboxylic acid groups (broad SMARTS) is 1. The number of sulfonamides is 1. The molecule has 23 heavy (non-hydrogen) atoms.